The van der Waals surface area contributed by atoms with Crippen LogP contribution in [-0.4, -0.2) is 35.1 Å². The van der Waals surface area contributed by atoms with E-state index in [9.17, 15) is 27.6 Å². The molecule has 1 aliphatic heterocycles. The van der Waals surface area contributed by atoms with Crippen LogP contribution in [0, 0.1) is 5.41 Å². The number of aromatic nitrogens is 2. The molecule has 1 amide bonds. The maximum Gasteiger partial charge on any atom is 0.418 e. The molecule has 1 fully saturated rings. The van der Waals surface area contributed by atoms with E-state index in [0.717, 1.165) is 11.6 Å². The lowest BCUT2D eigenvalue weighted by molar-refractivity contribution is -0.137. The molecule has 1 atom stereocenters. The first-order chi connectivity index (χ1) is 18.2. The van der Waals surface area contributed by atoms with Crippen molar-refractivity contribution in [1.82, 2.24) is 15.5 Å². The van der Waals surface area contributed by atoms with Crippen LogP contribution in [0.4, 0.5) is 24.5 Å². The molecule has 38 heavy (non-hydrogen) atoms. The molecule has 11 heteroatoms. The Hall–Kier alpha value is -3.99. The smallest absolute Gasteiger partial charge is 0.380 e. The standard InChI is InChI=1S/C27H27F3N4O4/c28-27(29,30)20-4-1-2-5-21(20)32-19-9-7-18(8-10-19)16-31-25(37)26(14-15-38-17-26)13-3-6-23(35)22-11-12-24(36)34-33-22/h1-2,4-5,7-12,32H,3,6,13-17H2,(H,31,37)(H,34,36)/t26-/m1/s1. The molecule has 1 aliphatic rings. The molecule has 2 aromatic carbocycles. The van der Waals surface area contributed by atoms with Crippen molar-refractivity contribution < 1.29 is 27.5 Å². The number of amides is 1. The zero-order valence-electron chi connectivity index (χ0n) is 20.4. The molecule has 200 valence electrons. The van der Waals surface area contributed by atoms with Crippen molar-refractivity contribution in [1.29, 1.82) is 0 Å². The molecule has 0 bridgehead atoms. The minimum absolute atomic E-state index is 0.0426. The highest BCUT2D eigenvalue weighted by Gasteiger charge is 2.41. The van der Waals surface area contributed by atoms with Gasteiger partial charge in [-0.05, 0) is 55.2 Å². The number of hydrogen-bond donors (Lipinski definition) is 3. The zero-order chi connectivity index (χ0) is 27.2. The molecule has 3 N–H and O–H groups in total. The van der Waals surface area contributed by atoms with Gasteiger partial charge in [-0.2, -0.15) is 18.3 Å². The third-order valence-corrected chi connectivity index (χ3v) is 6.53. The minimum atomic E-state index is -4.47. The van der Waals surface area contributed by atoms with Crippen LogP contribution >= 0.6 is 0 Å². The molecular weight excluding hydrogens is 501 g/mol. The van der Waals surface area contributed by atoms with E-state index in [2.05, 4.69) is 20.8 Å². The van der Waals surface area contributed by atoms with E-state index in [-0.39, 0.29) is 42.6 Å². The quantitative estimate of drug-likeness (QED) is 0.332. The number of nitrogens with zero attached hydrogens (tertiary/aromatic N) is 1. The lowest BCUT2D eigenvalue weighted by Gasteiger charge is -2.26. The lowest BCUT2D eigenvalue weighted by atomic mass is 9.80. The summed E-state index contributed by atoms with van der Waals surface area (Å²) in [6.07, 6.45) is -2.85. The first-order valence-corrected chi connectivity index (χ1v) is 12.1. The summed E-state index contributed by atoms with van der Waals surface area (Å²) in [5, 5.41) is 11.7. The Kier molecular flexibility index (Phi) is 8.26. The van der Waals surface area contributed by atoms with Crippen LogP contribution in [0.15, 0.2) is 65.5 Å². The van der Waals surface area contributed by atoms with Crippen LogP contribution in [0.1, 0.15) is 47.3 Å². The Morgan fingerprint density at radius 1 is 1.05 bits per heavy atom. The fourth-order valence-corrected chi connectivity index (χ4v) is 4.38. The molecule has 3 aromatic rings. The summed E-state index contributed by atoms with van der Waals surface area (Å²) >= 11 is 0. The second-order valence-corrected chi connectivity index (χ2v) is 9.21. The average Bonchev–Trinajstić information content (AvgIpc) is 3.38. The van der Waals surface area contributed by atoms with Gasteiger partial charge in [0.1, 0.15) is 5.69 Å². The maximum atomic E-state index is 13.2. The maximum absolute atomic E-state index is 13.2. The van der Waals surface area contributed by atoms with Crippen LogP contribution < -0.4 is 16.2 Å². The van der Waals surface area contributed by atoms with Crippen LogP contribution in [0.2, 0.25) is 0 Å². The monoisotopic (exact) mass is 528 g/mol. The molecule has 0 aliphatic carbocycles. The number of anilines is 2. The number of carbonyl (C=O) groups excluding carboxylic acids is 2. The van der Waals surface area contributed by atoms with E-state index in [4.69, 9.17) is 4.74 Å². The number of ketones is 1. The van der Waals surface area contributed by atoms with E-state index in [0.29, 0.717) is 31.6 Å². The van der Waals surface area contributed by atoms with Gasteiger partial charge in [0.15, 0.2) is 5.78 Å². The second kappa shape index (κ2) is 11.6. The number of benzene rings is 2. The molecular formula is C27H27F3N4O4. The number of ether oxygens (including phenoxy) is 1. The van der Waals surface area contributed by atoms with Crippen molar-refractivity contribution in [2.24, 2.45) is 5.41 Å². The van der Waals surface area contributed by atoms with E-state index in [1.807, 2.05) is 0 Å². The minimum Gasteiger partial charge on any atom is -0.380 e. The Bertz CT molecular complexity index is 1310. The number of nitrogens with one attached hydrogen (secondary N) is 3. The van der Waals surface area contributed by atoms with Gasteiger partial charge in [0.05, 0.1) is 23.3 Å². The van der Waals surface area contributed by atoms with Gasteiger partial charge in [-0.15, -0.1) is 0 Å². The predicted octanol–water partition coefficient (Wildman–Crippen LogP) is 4.61. The molecule has 2 heterocycles. The summed E-state index contributed by atoms with van der Waals surface area (Å²) in [5.41, 5.74) is -0.498. The Morgan fingerprint density at radius 3 is 2.47 bits per heavy atom. The third kappa shape index (κ3) is 6.65. The normalized spacial score (nSPS) is 17.2. The largest absolute Gasteiger partial charge is 0.418 e. The highest BCUT2D eigenvalue weighted by Crippen LogP contribution is 2.36. The zero-order valence-corrected chi connectivity index (χ0v) is 20.4. The molecule has 0 spiro atoms. The molecule has 0 unspecified atom stereocenters. The molecule has 1 aromatic heterocycles. The van der Waals surface area contributed by atoms with Crippen molar-refractivity contribution in [3.8, 4) is 0 Å². The molecule has 4 rings (SSSR count). The van der Waals surface area contributed by atoms with Crippen LogP contribution in [0.3, 0.4) is 0 Å². The van der Waals surface area contributed by atoms with Gasteiger partial charge in [-0.3, -0.25) is 14.4 Å². The Labute approximate surface area is 216 Å². The second-order valence-electron chi connectivity index (χ2n) is 9.21. The van der Waals surface area contributed by atoms with Gasteiger partial charge < -0.3 is 15.4 Å². The molecule has 0 saturated carbocycles. The van der Waals surface area contributed by atoms with E-state index >= 15 is 0 Å². The van der Waals surface area contributed by atoms with Gasteiger partial charge in [0.2, 0.25) is 5.91 Å². The van der Waals surface area contributed by atoms with Gasteiger partial charge in [0, 0.05) is 31.3 Å². The van der Waals surface area contributed by atoms with E-state index < -0.39 is 22.7 Å². The summed E-state index contributed by atoms with van der Waals surface area (Å²) in [4.78, 5) is 36.6. The first kappa shape index (κ1) is 27.1. The van der Waals surface area contributed by atoms with Crippen LogP contribution in [0.25, 0.3) is 0 Å². The predicted molar refractivity (Wildman–Crippen MR) is 134 cm³/mol. The number of rotatable bonds is 10. The van der Waals surface area contributed by atoms with Crippen LogP contribution in [-0.2, 0) is 22.3 Å². The van der Waals surface area contributed by atoms with Crippen molar-refractivity contribution in [3.63, 3.8) is 0 Å². The Balaban J connectivity index is 1.31. The summed E-state index contributed by atoms with van der Waals surface area (Å²) in [6, 6.07) is 14.6. The Morgan fingerprint density at radius 2 is 1.82 bits per heavy atom. The van der Waals surface area contributed by atoms with E-state index in [1.165, 1.54) is 30.3 Å². The topological polar surface area (TPSA) is 113 Å². The average molecular weight is 529 g/mol. The van der Waals surface area contributed by atoms with Gasteiger partial charge >= 0.3 is 6.18 Å². The van der Waals surface area contributed by atoms with Crippen molar-refractivity contribution in [2.75, 3.05) is 18.5 Å². The van der Waals surface area contributed by atoms with Gasteiger partial charge in [-0.25, -0.2) is 5.10 Å². The number of carbonyl (C=O) groups is 2. The lowest BCUT2D eigenvalue weighted by Crippen LogP contribution is -2.41. The number of halogens is 3. The summed E-state index contributed by atoms with van der Waals surface area (Å²) in [5.74, 6) is -0.395. The number of hydrogen-bond acceptors (Lipinski definition) is 6. The first-order valence-electron chi connectivity index (χ1n) is 12.1. The number of aromatic amines is 1. The van der Waals surface area contributed by atoms with Crippen molar-refractivity contribution >= 4 is 23.1 Å². The summed E-state index contributed by atoms with van der Waals surface area (Å²) in [7, 11) is 0. The fraction of sp³-hybridized carbons (Fsp3) is 0.333. The fourth-order valence-electron chi connectivity index (χ4n) is 4.38. The highest BCUT2D eigenvalue weighted by atomic mass is 19.4. The number of alkyl halides is 3. The van der Waals surface area contributed by atoms with Crippen molar-refractivity contribution in [3.05, 3.63) is 87.8 Å². The third-order valence-electron chi connectivity index (χ3n) is 6.53. The van der Waals surface area contributed by atoms with Crippen LogP contribution in [0.5, 0.6) is 0 Å². The number of Topliss-reactive ketones (excluding diaryl/α,β-unsaturated/α-hetero) is 1. The highest BCUT2D eigenvalue weighted by molar-refractivity contribution is 5.94. The summed E-state index contributed by atoms with van der Waals surface area (Å²) < 4.78 is 45.2. The SMILES string of the molecule is O=C(CCC[C@@]1(C(=O)NCc2ccc(Nc3ccccc3C(F)(F)F)cc2)CCOC1)c1ccc(=O)[nH]n1. The van der Waals surface area contributed by atoms with E-state index in [1.54, 1.807) is 24.3 Å². The molecule has 8 nitrogen and oxygen atoms in total. The number of H-pyrrole nitrogens is 1. The molecule has 1 saturated heterocycles. The van der Waals surface area contributed by atoms with Gasteiger partial charge in [-0.1, -0.05) is 24.3 Å². The van der Waals surface area contributed by atoms with Crippen molar-refractivity contribution in [2.45, 2.75) is 38.4 Å². The summed E-state index contributed by atoms with van der Waals surface area (Å²) in [6.45, 7) is 0.939. The number of para-hydroxylation sites is 1. The van der Waals surface area contributed by atoms with Gasteiger partial charge in [0.25, 0.3) is 5.56 Å². The molecule has 0 radical (unpaired) electrons.